The molecule has 0 aromatic carbocycles. The summed E-state index contributed by atoms with van der Waals surface area (Å²) < 4.78 is 12.9. The molecule has 144 valence electrons. The van der Waals surface area contributed by atoms with Crippen molar-refractivity contribution in [1.29, 1.82) is 0 Å². The standard InChI is InChI=1S/C16H20N6O5/c1-3-4-11-14-15(21(19-11)7-12(17)24)16(25)22(20-18-14)13-6-5-10(27-13)8-26-9(2)23/h5-6,10,13H,3-4,7-8H2,1-2H3,(H2,17,24). The Kier molecular flexibility index (Phi) is 5.49. The minimum Gasteiger partial charge on any atom is -0.463 e. The zero-order valence-corrected chi connectivity index (χ0v) is 15.0. The van der Waals surface area contributed by atoms with Gasteiger partial charge >= 0.3 is 5.97 Å². The summed E-state index contributed by atoms with van der Waals surface area (Å²) in [6.45, 7) is 3.06. The first-order valence-corrected chi connectivity index (χ1v) is 8.51. The molecule has 0 bridgehead atoms. The fourth-order valence-electron chi connectivity index (χ4n) is 2.82. The van der Waals surface area contributed by atoms with Crippen LogP contribution in [0.15, 0.2) is 4.79 Å². The maximum Gasteiger partial charge on any atom is 0.302 e. The molecular weight excluding hydrogens is 356 g/mol. The summed E-state index contributed by atoms with van der Waals surface area (Å²) in [5.41, 5.74) is 5.84. The highest BCUT2D eigenvalue weighted by molar-refractivity contribution is 5.79. The Hall–Kier alpha value is -2.82. The van der Waals surface area contributed by atoms with E-state index in [0.29, 0.717) is 17.6 Å². The molecule has 3 heterocycles. The van der Waals surface area contributed by atoms with Gasteiger partial charge in [-0.1, -0.05) is 18.6 Å². The third-order valence-corrected chi connectivity index (χ3v) is 3.94. The van der Waals surface area contributed by atoms with Crippen molar-refractivity contribution in [2.75, 3.05) is 6.61 Å². The largest absolute Gasteiger partial charge is 0.463 e. The molecule has 1 fully saturated rings. The number of esters is 1. The summed E-state index contributed by atoms with van der Waals surface area (Å²) in [6.07, 6.45) is 3.38. The minimum atomic E-state index is -0.804. The van der Waals surface area contributed by atoms with E-state index in [9.17, 15) is 14.4 Å². The summed E-state index contributed by atoms with van der Waals surface area (Å²) in [6, 6.07) is 0. The van der Waals surface area contributed by atoms with E-state index >= 15 is 0 Å². The summed E-state index contributed by atoms with van der Waals surface area (Å²) in [7, 11) is 0. The molecule has 3 rings (SSSR count). The van der Waals surface area contributed by atoms with Crippen LogP contribution in [-0.2, 0) is 32.0 Å². The summed E-state index contributed by atoms with van der Waals surface area (Å²) >= 11 is 0. The second kappa shape index (κ2) is 7.82. The quantitative estimate of drug-likeness (QED) is 0.624. The lowest BCUT2D eigenvalue weighted by molar-refractivity contribution is -0.145. The van der Waals surface area contributed by atoms with Crippen LogP contribution < -0.4 is 11.3 Å². The molecule has 2 aromatic heterocycles. The number of aryl methyl sites for hydroxylation is 1. The average molecular weight is 376 g/mol. The number of ether oxygens (including phenoxy) is 2. The van der Waals surface area contributed by atoms with Gasteiger partial charge in [-0.2, -0.15) is 9.78 Å². The van der Waals surface area contributed by atoms with E-state index in [2.05, 4.69) is 15.4 Å². The molecule has 0 aliphatic carbocycles. The van der Waals surface area contributed by atoms with Gasteiger partial charge in [0.25, 0.3) is 5.56 Å². The predicted octanol–water partition coefficient (Wildman–Crippen LogP) is -0.705. The van der Waals surface area contributed by atoms with Gasteiger partial charge in [0.2, 0.25) is 5.91 Å². The molecule has 0 spiro atoms. The van der Waals surface area contributed by atoms with Crippen LogP contribution >= 0.6 is 0 Å². The lowest BCUT2D eigenvalue weighted by Crippen LogP contribution is -2.31. The zero-order chi connectivity index (χ0) is 19.6. The number of rotatable bonds is 7. The number of aromatic nitrogens is 5. The summed E-state index contributed by atoms with van der Waals surface area (Å²) in [5.74, 6) is -1.05. The van der Waals surface area contributed by atoms with Gasteiger partial charge in [0.1, 0.15) is 18.7 Å². The van der Waals surface area contributed by atoms with Gasteiger partial charge in [-0.3, -0.25) is 14.4 Å². The molecule has 2 unspecified atom stereocenters. The van der Waals surface area contributed by atoms with Crippen LogP contribution in [0.25, 0.3) is 11.0 Å². The molecule has 1 amide bonds. The van der Waals surface area contributed by atoms with E-state index in [0.717, 1.165) is 11.1 Å². The normalized spacial score (nSPS) is 19.5. The van der Waals surface area contributed by atoms with Crippen LogP contribution in [0.1, 0.15) is 32.2 Å². The fourth-order valence-corrected chi connectivity index (χ4v) is 2.82. The zero-order valence-electron chi connectivity index (χ0n) is 15.0. The van der Waals surface area contributed by atoms with E-state index in [1.807, 2.05) is 6.92 Å². The molecule has 11 nitrogen and oxygen atoms in total. The molecule has 2 N–H and O–H groups in total. The maximum atomic E-state index is 13.0. The van der Waals surface area contributed by atoms with Crippen molar-refractivity contribution < 1.29 is 19.1 Å². The lowest BCUT2D eigenvalue weighted by atomic mass is 10.2. The molecule has 1 saturated heterocycles. The highest BCUT2D eigenvalue weighted by atomic mass is 16.6. The third-order valence-electron chi connectivity index (χ3n) is 3.94. The SMILES string of the molecule is CCCc1nn(CC(N)=O)c2c(=O)n(C3[CH][CH]C(COC(C)=O)O3)nnc12. The predicted molar refractivity (Wildman–Crippen MR) is 91.9 cm³/mol. The second-order valence-corrected chi connectivity index (χ2v) is 6.11. The maximum absolute atomic E-state index is 13.0. The molecule has 2 aromatic rings. The Morgan fingerprint density at radius 2 is 2.15 bits per heavy atom. The number of nitrogens with zero attached hydrogens (tertiary/aromatic N) is 5. The number of fused-ring (bicyclic) bond motifs is 1. The lowest BCUT2D eigenvalue weighted by Gasteiger charge is -2.14. The van der Waals surface area contributed by atoms with Crippen molar-refractivity contribution in [3.05, 3.63) is 28.9 Å². The number of amides is 1. The number of hydrogen-bond donors (Lipinski definition) is 1. The second-order valence-electron chi connectivity index (χ2n) is 6.11. The van der Waals surface area contributed by atoms with Gasteiger partial charge in [0.15, 0.2) is 11.7 Å². The summed E-state index contributed by atoms with van der Waals surface area (Å²) in [5, 5.41) is 12.4. The van der Waals surface area contributed by atoms with E-state index in [4.69, 9.17) is 15.2 Å². The number of carbonyl (C=O) groups is 2. The van der Waals surface area contributed by atoms with Gasteiger partial charge in [-0.15, -0.1) is 5.10 Å². The Morgan fingerprint density at radius 3 is 2.81 bits per heavy atom. The van der Waals surface area contributed by atoms with Crippen molar-refractivity contribution >= 4 is 22.9 Å². The van der Waals surface area contributed by atoms with Gasteiger partial charge in [-0.05, 0) is 6.42 Å². The first-order valence-electron chi connectivity index (χ1n) is 8.51. The van der Waals surface area contributed by atoms with Crippen LogP contribution in [-0.4, -0.2) is 49.4 Å². The average Bonchev–Trinajstić information content (AvgIpc) is 3.19. The minimum absolute atomic E-state index is 0.0347. The van der Waals surface area contributed by atoms with Crippen LogP contribution in [0.3, 0.4) is 0 Å². The smallest absolute Gasteiger partial charge is 0.302 e. The van der Waals surface area contributed by atoms with Crippen molar-refractivity contribution in [1.82, 2.24) is 24.8 Å². The van der Waals surface area contributed by atoms with E-state index in [1.54, 1.807) is 12.8 Å². The first kappa shape index (κ1) is 19.0. The Balaban J connectivity index is 1.93. The topological polar surface area (TPSA) is 144 Å². The monoisotopic (exact) mass is 376 g/mol. The molecule has 2 atom stereocenters. The molecule has 27 heavy (non-hydrogen) atoms. The summed E-state index contributed by atoms with van der Waals surface area (Å²) in [4.78, 5) is 35.2. The van der Waals surface area contributed by atoms with Gasteiger partial charge in [0.05, 0.1) is 11.8 Å². The van der Waals surface area contributed by atoms with Crippen LogP contribution in [0, 0.1) is 12.8 Å². The fraction of sp³-hybridized carbons (Fsp3) is 0.500. The van der Waals surface area contributed by atoms with Crippen molar-refractivity contribution in [3.8, 4) is 0 Å². The van der Waals surface area contributed by atoms with Crippen LogP contribution in [0.4, 0.5) is 0 Å². The van der Waals surface area contributed by atoms with Gasteiger partial charge in [-0.25, -0.2) is 4.68 Å². The van der Waals surface area contributed by atoms with E-state index in [-0.39, 0.29) is 18.7 Å². The van der Waals surface area contributed by atoms with Crippen molar-refractivity contribution in [3.63, 3.8) is 0 Å². The number of carbonyl (C=O) groups excluding carboxylic acids is 2. The molecule has 11 heteroatoms. The first-order chi connectivity index (χ1) is 12.9. The number of primary amides is 1. The Labute approximate surface area is 154 Å². The van der Waals surface area contributed by atoms with Gasteiger partial charge in [0, 0.05) is 19.8 Å². The molecule has 1 aliphatic heterocycles. The van der Waals surface area contributed by atoms with Crippen molar-refractivity contribution in [2.24, 2.45) is 5.73 Å². The van der Waals surface area contributed by atoms with Crippen LogP contribution in [0.2, 0.25) is 0 Å². The highest BCUT2D eigenvalue weighted by Gasteiger charge is 2.31. The van der Waals surface area contributed by atoms with E-state index < -0.39 is 29.8 Å². The van der Waals surface area contributed by atoms with Gasteiger partial charge < -0.3 is 15.2 Å². The van der Waals surface area contributed by atoms with Crippen LogP contribution in [0.5, 0.6) is 0 Å². The highest BCUT2D eigenvalue weighted by Crippen LogP contribution is 2.25. The third kappa shape index (κ3) is 3.97. The van der Waals surface area contributed by atoms with E-state index in [1.165, 1.54) is 11.6 Å². The number of hydrogen-bond acceptors (Lipinski definition) is 8. The molecule has 0 saturated carbocycles. The van der Waals surface area contributed by atoms with Crippen molar-refractivity contribution in [2.45, 2.75) is 45.6 Å². The Morgan fingerprint density at radius 1 is 1.37 bits per heavy atom. The molecule has 1 aliphatic rings. The molecular formula is C16H20N6O5. The number of nitrogens with two attached hydrogens (primary N) is 1. The molecule has 2 radical (unpaired) electrons. The Bertz CT molecular complexity index is 920.